The van der Waals surface area contributed by atoms with Crippen LogP contribution in [-0.4, -0.2) is 18.1 Å². The number of rotatable bonds is 2. The maximum absolute atomic E-state index is 4.58. The number of piperidine rings is 1. The van der Waals surface area contributed by atoms with Crippen molar-refractivity contribution in [3.8, 4) is 0 Å². The van der Waals surface area contributed by atoms with E-state index in [4.69, 9.17) is 0 Å². The van der Waals surface area contributed by atoms with Crippen molar-refractivity contribution in [1.82, 2.24) is 10.3 Å². The molecule has 0 radical (unpaired) electrons. The van der Waals surface area contributed by atoms with Crippen LogP contribution in [0.2, 0.25) is 0 Å². The Morgan fingerprint density at radius 3 is 3.00 bits per heavy atom. The second-order valence-electron chi connectivity index (χ2n) is 4.29. The number of nitrogens with zero attached hydrogens (tertiary/aromatic N) is 1. The van der Waals surface area contributed by atoms with E-state index in [9.17, 15) is 0 Å². The van der Waals surface area contributed by atoms with Gasteiger partial charge in [0.25, 0.3) is 0 Å². The molecule has 1 fully saturated rings. The van der Waals surface area contributed by atoms with Gasteiger partial charge in [-0.15, -0.1) is 0 Å². The van der Waals surface area contributed by atoms with E-state index in [-0.39, 0.29) is 0 Å². The summed E-state index contributed by atoms with van der Waals surface area (Å²) in [6.45, 7) is 4.48. The van der Waals surface area contributed by atoms with Crippen molar-refractivity contribution < 1.29 is 0 Å². The Bertz CT molecular complexity index is 368. The summed E-state index contributed by atoms with van der Waals surface area (Å²) >= 11 is 7.07. The summed E-state index contributed by atoms with van der Waals surface area (Å²) in [7, 11) is 0. The van der Waals surface area contributed by atoms with E-state index in [1.807, 2.05) is 6.20 Å². The standard InChI is InChI=1S/C12H16Br2N2/c1-2-8-6-15-4-3-10(8)12-11(14)5-9(13)7-16-12/h5,7-8,10,15H,2-4,6H2,1H3. The van der Waals surface area contributed by atoms with Gasteiger partial charge < -0.3 is 5.32 Å². The molecule has 1 aliphatic rings. The largest absolute Gasteiger partial charge is 0.316 e. The first kappa shape index (κ1) is 12.5. The average molecular weight is 348 g/mol. The van der Waals surface area contributed by atoms with E-state index in [1.54, 1.807) is 0 Å². The van der Waals surface area contributed by atoms with Gasteiger partial charge in [0.1, 0.15) is 0 Å². The van der Waals surface area contributed by atoms with Crippen molar-refractivity contribution in [2.75, 3.05) is 13.1 Å². The third-order valence-electron chi connectivity index (χ3n) is 3.32. The molecule has 0 aliphatic carbocycles. The van der Waals surface area contributed by atoms with E-state index in [1.165, 1.54) is 18.5 Å². The van der Waals surface area contributed by atoms with Gasteiger partial charge >= 0.3 is 0 Å². The molecule has 2 rings (SSSR count). The zero-order chi connectivity index (χ0) is 11.5. The minimum Gasteiger partial charge on any atom is -0.316 e. The van der Waals surface area contributed by atoms with Crippen LogP contribution in [0.4, 0.5) is 0 Å². The van der Waals surface area contributed by atoms with Crippen LogP contribution in [-0.2, 0) is 0 Å². The molecule has 1 aromatic rings. The van der Waals surface area contributed by atoms with Crippen molar-refractivity contribution in [3.63, 3.8) is 0 Å². The van der Waals surface area contributed by atoms with Crippen molar-refractivity contribution in [2.45, 2.75) is 25.7 Å². The number of pyridine rings is 1. The summed E-state index contributed by atoms with van der Waals surface area (Å²) in [4.78, 5) is 4.58. The molecule has 1 saturated heterocycles. The molecule has 0 amide bonds. The van der Waals surface area contributed by atoms with Gasteiger partial charge in [-0.2, -0.15) is 0 Å². The van der Waals surface area contributed by atoms with Crippen LogP contribution in [0.15, 0.2) is 21.2 Å². The second-order valence-corrected chi connectivity index (χ2v) is 6.06. The van der Waals surface area contributed by atoms with E-state index >= 15 is 0 Å². The third kappa shape index (κ3) is 2.66. The number of aromatic nitrogens is 1. The summed E-state index contributed by atoms with van der Waals surface area (Å²) in [5.74, 6) is 1.30. The number of nitrogens with one attached hydrogen (secondary N) is 1. The monoisotopic (exact) mass is 346 g/mol. The molecule has 4 heteroatoms. The van der Waals surface area contributed by atoms with E-state index in [0.29, 0.717) is 11.8 Å². The van der Waals surface area contributed by atoms with Gasteiger partial charge in [0, 0.05) is 21.1 Å². The molecule has 2 heterocycles. The molecular weight excluding hydrogens is 332 g/mol. The highest BCUT2D eigenvalue weighted by atomic mass is 79.9. The van der Waals surface area contributed by atoms with Gasteiger partial charge in [-0.05, 0) is 63.4 Å². The highest BCUT2D eigenvalue weighted by molar-refractivity contribution is 9.11. The lowest BCUT2D eigenvalue weighted by atomic mass is 9.82. The summed E-state index contributed by atoms with van der Waals surface area (Å²) < 4.78 is 2.16. The second kappa shape index (κ2) is 5.61. The van der Waals surface area contributed by atoms with E-state index < -0.39 is 0 Å². The van der Waals surface area contributed by atoms with Crippen molar-refractivity contribution in [2.24, 2.45) is 5.92 Å². The van der Waals surface area contributed by atoms with Gasteiger partial charge in [0.05, 0.1) is 5.69 Å². The molecule has 16 heavy (non-hydrogen) atoms. The summed E-state index contributed by atoms with van der Waals surface area (Å²) in [5.41, 5.74) is 1.22. The third-order valence-corrected chi connectivity index (χ3v) is 4.39. The van der Waals surface area contributed by atoms with Crippen LogP contribution in [0.1, 0.15) is 31.4 Å². The van der Waals surface area contributed by atoms with Crippen molar-refractivity contribution in [1.29, 1.82) is 0 Å². The smallest absolute Gasteiger partial charge is 0.0580 e. The molecule has 2 unspecified atom stereocenters. The van der Waals surface area contributed by atoms with Crippen LogP contribution in [0, 0.1) is 5.92 Å². The van der Waals surface area contributed by atoms with Gasteiger partial charge in [-0.1, -0.05) is 13.3 Å². The lowest BCUT2D eigenvalue weighted by molar-refractivity contribution is 0.312. The van der Waals surface area contributed by atoms with Crippen LogP contribution in [0.5, 0.6) is 0 Å². The quantitative estimate of drug-likeness (QED) is 0.882. The fourth-order valence-corrected chi connectivity index (χ4v) is 3.69. The first-order chi connectivity index (χ1) is 7.72. The van der Waals surface area contributed by atoms with E-state index in [0.717, 1.165) is 22.0 Å². The minimum absolute atomic E-state index is 0.591. The first-order valence-electron chi connectivity index (χ1n) is 5.74. The number of hydrogen-bond acceptors (Lipinski definition) is 2. The van der Waals surface area contributed by atoms with Gasteiger partial charge in [-0.25, -0.2) is 0 Å². The molecule has 0 spiro atoms. The maximum Gasteiger partial charge on any atom is 0.0580 e. The zero-order valence-electron chi connectivity index (χ0n) is 9.34. The first-order valence-corrected chi connectivity index (χ1v) is 7.32. The Kier molecular flexibility index (Phi) is 4.39. The molecule has 2 atom stereocenters. The highest BCUT2D eigenvalue weighted by Gasteiger charge is 2.27. The van der Waals surface area contributed by atoms with Crippen LogP contribution in [0.3, 0.4) is 0 Å². The lowest BCUT2D eigenvalue weighted by Gasteiger charge is -2.31. The molecule has 1 aliphatic heterocycles. The predicted octanol–water partition coefficient (Wildman–Crippen LogP) is 3.71. The normalized spacial score (nSPS) is 25.7. The molecule has 2 nitrogen and oxygen atoms in total. The van der Waals surface area contributed by atoms with Gasteiger partial charge in [0.2, 0.25) is 0 Å². The van der Waals surface area contributed by atoms with Crippen LogP contribution >= 0.6 is 31.9 Å². The molecule has 0 bridgehead atoms. The summed E-state index contributed by atoms with van der Waals surface area (Å²) in [6.07, 6.45) is 4.29. The Morgan fingerprint density at radius 1 is 1.50 bits per heavy atom. The van der Waals surface area contributed by atoms with Crippen molar-refractivity contribution in [3.05, 3.63) is 26.9 Å². The van der Waals surface area contributed by atoms with Crippen LogP contribution < -0.4 is 5.32 Å². The molecule has 0 aromatic carbocycles. The zero-order valence-corrected chi connectivity index (χ0v) is 12.5. The summed E-state index contributed by atoms with van der Waals surface area (Å²) in [6, 6.07) is 2.09. The molecule has 88 valence electrons. The predicted molar refractivity (Wildman–Crippen MR) is 73.6 cm³/mol. The Hall–Kier alpha value is 0.0700. The molecule has 0 saturated carbocycles. The molecule has 1 aromatic heterocycles. The fourth-order valence-electron chi connectivity index (χ4n) is 2.41. The highest BCUT2D eigenvalue weighted by Crippen LogP contribution is 2.35. The Morgan fingerprint density at radius 2 is 2.31 bits per heavy atom. The van der Waals surface area contributed by atoms with Crippen LogP contribution in [0.25, 0.3) is 0 Å². The minimum atomic E-state index is 0.591. The topological polar surface area (TPSA) is 24.9 Å². The SMILES string of the molecule is CCC1CNCCC1c1ncc(Br)cc1Br. The molecular formula is C12H16Br2N2. The maximum atomic E-state index is 4.58. The van der Waals surface area contributed by atoms with Crippen molar-refractivity contribution >= 4 is 31.9 Å². The number of hydrogen-bond donors (Lipinski definition) is 1. The molecule has 1 N–H and O–H groups in total. The Labute approximate surface area is 113 Å². The average Bonchev–Trinajstić information content (AvgIpc) is 2.29. The van der Waals surface area contributed by atoms with Gasteiger partial charge in [0.15, 0.2) is 0 Å². The number of halogens is 2. The summed E-state index contributed by atoms with van der Waals surface area (Å²) in [5, 5.41) is 3.46. The van der Waals surface area contributed by atoms with E-state index in [2.05, 4.69) is 55.2 Å². The lowest BCUT2D eigenvalue weighted by Crippen LogP contribution is -2.35. The Balaban J connectivity index is 2.27. The fraction of sp³-hybridized carbons (Fsp3) is 0.583. The van der Waals surface area contributed by atoms with Gasteiger partial charge in [-0.3, -0.25) is 4.98 Å².